The number of nitrogens with zero attached hydrogens (tertiary/aromatic N) is 3. The Kier molecular flexibility index (Phi) is 3.67. The zero-order valence-electron chi connectivity index (χ0n) is 5.35. The van der Waals surface area contributed by atoms with Crippen molar-refractivity contribution >= 4 is 0 Å². The van der Waals surface area contributed by atoms with Crippen LogP contribution in [0.15, 0.2) is 5.11 Å². The summed E-state index contributed by atoms with van der Waals surface area (Å²) in [6, 6.07) is 0. The molecule has 11 heavy (non-hydrogen) atoms. The average Bonchev–Trinajstić information content (AvgIpc) is 1.86. The van der Waals surface area contributed by atoms with Gasteiger partial charge in [-0.25, -0.2) is 4.39 Å². The Labute approximate surface area is 59.6 Å². The first-order valence-electron chi connectivity index (χ1n) is 2.70. The molecule has 7 heteroatoms. The third-order valence-corrected chi connectivity index (χ3v) is 0.901. The maximum Gasteiger partial charge on any atom is 0.419 e. The maximum atomic E-state index is 11.9. The molecule has 0 fully saturated rings. The average molecular weight is 171 g/mol. The summed E-state index contributed by atoms with van der Waals surface area (Å²) in [6.07, 6.45) is -8.55. The van der Waals surface area contributed by atoms with Crippen molar-refractivity contribution in [3.05, 3.63) is 10.4 Å². The van der Waals surface area contributed by atoms with Gasteiger partial charge in [-0.1, -0.05) is 5.11 Å². The number of hydrogen-bond acceptors (Lipinski definition) is 1. The van der Waals surface area contributed by atoms with E-state index in [0.29, 0.717) is 0 Å². The van der Waals surface area contributed by atoms with E-state index in [9.17, 15) is 17.6 Å². The Bertz CT molecular complexity index is 159. The largest absolute Gasteiger partial charge is 0.419 e. The van der Waals surface area contributed by atoms with Crippen molar-refractivity contribution in [2.75, 3.05) is 6.54 Å². The first kappa shape index (κ1) is 10.0. The highest BCUT2D eigenvalue weighted by atomic mass is 19.4. The Morgan fingerprint density at radius 2 is 2.00 bits per heavy atom. The molecule has 3 nitrogen and oxygen atoms in total. The van der Waals surface area contributed by atoms with E-state index >= 15 is 0 Å². The predicted octanol–water partition coefficient (Wildman–Crippen LogP) is 2.59. The van der Waals surface area contributed by atoms with Crippen LogP contribution in [0.25, 0.3) is 10.4 Å². The van der Waals surface area contributed by atoms with Crippen molar-refractivity contribution in [2.45, 2.75) is 18.8 Å². The zero-order chi connectivity index (χ0) is 8.91. The Hall–Kier alpha value is -0.970. The zero-order valence-corrected chi connectivity index (χ0v) is 5.35. The molecule has 0 aliphatic carbocycles. The van der Waals surface area contributed by atoms with Crippen molar-refractivity contribution in [1.29, 1.82) is 0 Å². The van der Waals surface area contributed by atoms with Gasteiger partial charge >= 0.3 is 6.18 Å². The van der Waals surface area contributed by atoms with Crippen LogP contribution in [0.4, 0.5) is 17.6 Å². The Balaban J connectivity index is 3.69. The molecule has 1 atom stereocenters. The molecule has 0 aliphatic heterocycles. The van der Waals surface area contributed by atoms with Crippen LogP contribution in [0.3, 0.4) is 0 Å². The summed E-state index contributed by atoms with van der Waals surface area (Å²) < 4.78 is 46.0. The quantitative estimate of drug-likeness (QED) is 0.271. The summed E-state index contributed by atoms with van der Waals surface area (Å²) in [6.45, 7) is -0.475. The molecule has 1 unspecified atom stereocenters. The lowest BCUT2D eigenvalue weighted by atomic mass is 10.3. The lowest BCUT2D eigenvalue weighted by Crippen LogP contribution is -2.24. The Morgan fingerprint density at radius 1 is 1.45 bits per heavy atom. The second-order valence-electron chi connectivity index (χ2n) is 1.75. The fraction of sp³-hybridized carbons (Fsp3) is 1.00. The summed E-state index contributed by atoms with van der Waals surface area (Å²) in [5.74, 6) is 0. The molecule has 0 radical (unpaired) electrons. The minimum atomic E-state index is -4.84. The molecule has 0 aliphatic rings. The van der Waals surface area contributed by atoms with Gasteiger partial charge in [0.05, 0.1) is 0 Å². The normalized spacial score (nSPS) is 13.8. The predicted molar refractivity (Wildman–Crippen MR) is 29.6 cm³/mol. The Morgan fingerprint density at radius 3 is 2.36 bits per heavy atom. The van der Waals surface area contributed by atoms with Crippen LogP contribution in [-0.2, 0) is 0 Å². The smallest absolute Gasteiger partial charge is 0.237 e. The molecule has 0 aromatic carbocycles. The van der Waals surface area contributed by atoms with E-state index in [1.54, 1.807) is 0 Å². The molecule has 0 aromatic rings. The van der Waals surface area contributed by atoms with Crippen LogP contribution < -0.4 is 0 Å². The number of alkyl halides is 4. The SMILES string of the molecule is [N-]=[N+]=NCCC(F)C(F)(F)F. The highest BCUT2D eigenvalue weighted by Crippen LogP contribution is 2.24. The lowest BCUT2D eigenvalue weighted by Gasteiger charge is -2.09. The molecule has 0 amide bonds. The van der Waals surface area contributed by atoms with Crippen molar-refractivity contribution in [3.8, 4) is 0 Å². The third kappa shape index (κ3) is 4.44. The van der Waals surface area contributed by atoms with Crippen molar-refractivity contribution < 1.29 is 17.6 Å². The highest BCUT2D eigenvalue weighted by molar-refractivity contribution is 4.66. The second-order valence-corrected chi connectivity index (χ2v) is 1.75. The molecular formula is C4H5F4N3. The van der Waals surface area contributed by atoms with E-state index in [1.165, 1.54) is 0 Å². The first-order chi connectivity index (χ1) is 4.98. The molecular weight excluding hydrogens is 166 g/mol. The summed E-state index contributed by atoms with van der Waals surface area (Å²) in [5, 5.41) is 2.77. The topological polar surface area (TPSA) is 48.8 Å². The minimum Gasteiger partial charge on any atom is -0.237 e. The van der Waals surface area contributed by atoms with Gasteiger partial charge in [0.15, 0.2) is 6.17 Å². The summed E-state index contributed by atoms with van der Waals surface area (Å²) in [4.78, 5) is 2.18. The minimum absolute atomic E-state index is 0.475. The summed E-state index contributed by atoms with van der Waals surface area (Å²) >= 11 is 0. The molecule has 0 saturated heterocycles. The molecule has 0 saturated carbocycles. The van der Waals surface area contributed by atoms with Gasteiger partial charge in [-0.15, -0.1) is 0 Å². The number of rotatable bonds is 3. The third-order valence-electron chi connectivity index (χ3n) is 0.901. The van der Waals surface area contributed by atoms with Crippen LogP contribution >= 0.6 is 0 Å². The van der Waals surface area contributed by atoms with E-state index in [0.717, 1.165) is 0 Å². The van der Waals surface area contributed by atoms with Crippen LogP contribution in [-0.4, -0.2) is 18.9 Å². The van der Waals surface area contributed by atoms with Crippen molar-refractivity contribution in [2.24, 2.45) is 5.11 Å². The summed E-state index contributed by atoms with van der Waals surface area (Å²) in [5.41, 5.74) is 7.64. The lowest BCUT2D eigenvalue weighted by molar-refractivity contribution is -0.181. The van der Waals surface area contributed by atoms with E-state index in [1.807, 2.05) is 0 Å². The maximum absolute atomic E-state index is 11.9. The first-order valence-corrected chi connectivity index (χ1v) is 2.70. The molecule has 0 rings (SSSR count). The molecule has 0 N–H and O–H groups in total. The van der Waals surface area contributed by atoms with Gasteiger partial charge in [0.1, 0.15) is 0 Å². The van der Waals surface area contributed by atoms with Crippen molar-refractivity contribution in [3.63, 3.8) is 0 Å². The molecule has 0 heterocycles. The monoisotopic (exact) mass is 171 g/mol. The van der Waals surface area contributed by atoms with Crippen LogP contribution in [0.2, 0.25) is 0 Å². The highest BCUT2D eigenvalue weighted by Gasteiger charge is 2.39. The van der Waals surface area contributed by atoms with Crippen molar-refractivity contribution in [1.82, 2.24) is 0 Å². The molecule has 0 spiro atoms. The fourth-order valence-corrected chi connectivity index (χ4v) is 0.379. The van der Waals surface area contributed by atoms with E-state index in [2.05, 4.69) is 10.0 Å². The van der Waals surface area contributed by atoms with Gasteiger partial charge in [0.2, 0.25) is 0 Å². The van der Waals surface area contributed by atoms with E-state index < -0.39 is 25.3 Å². The van der Waals surface area contributed by atoms with Gasteiger partial charge in [-0.2, -0.15) is 13.2 Å². The number of azide groups is 1. The van der Waals surface area contributed by atoms with Crippen LogP contribution in [0.1, 0.15) is 6.42 Å². The molecule has 0 aromatic heterocycles. The van der Waals surface area contributed by atoms with E-state index in [-0.39, 0.29) is 0 Å². The van der Waals surface area contributed by atoms with Gasteiger partial charge in [0.25, 0.3) is 0 Å². The molecule has 64 valence electrons. The fourth-order valence-electron chi connectivity index (χ4n) is 0.379. The van der Waals surface area contributed by atoms with Gasteiger partial charge in [0, 0.05) is 11.5 Å². The van der Waals surface area contributed by atoms with Crippen LogP contribution in [0.5, 0.6) is 0 Å². The van der Waals surface area contributed by atoms with Gasteiger partial charge in [-0.3, -0.25) is 0 Å². The molecule has 0 bridgehead atoms. The van der Waals surface area contributed by atoms with Crippen LogP contribution in [0, 0.1) is 0 Å². The van der Waals surface area contributed by atoms with E-state index in [4.69, 9.17) is 5.53 Å². The standard InChI is InChI=1S/C4H5F4N3/c5-3(4(6,7)8)1-2-10-11-9/h3H,1-2H2. The second kappa shape index (κ2) is 4.02. The van der Waals surface area contributed by atoms with Gasteiger partial charge < -0.3 is 0 Å². The summed E-state index contributed by atoms with van der Waals surface area (Å²) in [7, 11) is 0. The van der Waals surface area contributed by atoms with Gasteiger partial charge in [-0.05, 0) is 12.0 Å². The number of hydrogen-bond donors (Lipinski definition) is 0. The number of halogens is 4.